The minimum absolute atomic E-state index is 0.0921. The maximum atomic E-state index is 12.7. The topological polar surface area (TPSA) is 62.7 Å². The van der Waals surface area contributed by atoms with Crippen molar-refractivity contribution in [1.29, 1.82) is 0 Å². The normalized spacial score (nSPS) is 20.1. The Bertz CT molecular complexity index is 806. The highest BCUT2D eigenvalue weighted by atomic mass is 16.5. The minimum atomic E-state index is -1.04. The van der Waals surface area contributed by atoms with Crippen LogP contribution in [0.5, 0.6) is 5.75 Å². The monoisotopic (exact) mass is 354 g/mol. The van der Waals surface area contributed by atoms with Crippen molar-refractivity contribution >= 4 is 5.91 Å². The summed E-state index contributed by atoms with van der Waals surface area (Å²) in [7, 11) is 0. The second-order valence-corrected chi connectivity index (χ2v) is 7.34. The van der Waals surface area contributed by atoms with E-state index in [0.29, 0.717) is 18.5 Å². The lowest BCUT2D eigenvalue weighted by Gasteiger charge is -2.39. The van der Waals surface area contributed by atoms with Crippen LogP contribution in [0.25, 0.3) is 0 Å². The van der Waals surface area contributed by atoms with E-state index in [2.05, 4.69) is 11.9 Å². The molecule has 5 nitrogen and oxygen atoms in total. The number of β-amino-alcohol motifs (C(OH)–C–C–N with tert-alkyl or cyclic N) is 1. The number of hydrogen-bond acceptors (Lipinski definition) is 4. The first-order valence-electron chi connectivity index (χ1n) is 9.00. The zero-order valence-corrected chi connectivity index (χ0v) is 15.7. The molecule has 1 amide bonds. The third-order valence-corrected chi connectivity index (χ3v) is 4.95. The van der Waals surface area contributed by atoms with Gasteiger partial charge in [-0.3, -0.25) is 9.78 Å². The van der Waals surface area contributed by atoms with Gasteiger partial charge in [0.05, 0.1) is 12.1 Å². The van der Waals surface area contributed by atoms with E-state index in [9.17, 15) is 9.90 Å². The first-order chi connectivity index (χ1) is 12.4. The predicted molar refractivity (Wildman–Crippen MR) is 100 cm³/mol. The van der Waals surface area contributed by atoms with Crippen molar-refractivity contribution in [1.82, 2.24) is 9.88 Å². The van der Waals surface area contributed by atoms with E-state index in [4.69, 9.17) is 4.74 Å². The molecular formula is C21H26N2O3. The number of pyridine rings is 1. The summed E-state index contributed by atoms with van der Waals surface area (Å²) < 4.78 is 5.84. The van der Waals surface area contributed by atoms with Crippen molar-refractivity contribution in [2.75, 3.05) is 19.7 Å². The molecule has 1 unspecified atom stereocenters. The Morgan fingerprint density at radius 3 is 2.77 bits per heavy atom. The molecule has 0 spiro atoms. The van der Waals surface area contributed by atoms with Gasteiger partial charge in [0.25, 0.3) is 5.91 Å². The Morgan fingerprint density at radius 2 is 2.04 bits per heavy atom. The van der Waals surface area contributed by atoms with Crippen LogP contribution in [-0.4, -0.2) is 46.2 Å². The molecule has 138 valence electrons. The largest absolute Gasteiger partial charge is 0.491 e. The van der Waals surface area contributed by atoms with Gasteiger partial charge in [-0.1, -0.05) is 6.07 Å². The number of carbonyl (C=O) groups excluding carboxylic acids is 1. The van der Waals surface area contributed by atoms with Gasteiger partial charge in [-0.15, -0.1) is 0 Å². The van der Waals surface area contributed by atoms with Crippen LogP contribution in [0.3, 0.4) is 0 Å². The average molecular weight is 354 g/mol. The highest BCUT2D eigenvalue weighted by Gasteiger charge is 2.36. The molecule has 0 saturated carbocycles. The molecule has 1 aromatic heterocycles. The number of aryl methyl sites for hydroxylation is 3. The second-order valence-electron chi connectivity index (χ2n) is 7.34. The van der Waals surface area contributed by atoms with Crippen LogP contribution in [0.4, 0.5) is 0 Å². The van der Waals surface area contributed by atoms with E-state index in [1.807, 2.05) is 38.1 Å². The van der Waals surface area contributed by atoms with Crippen molar-refractivity contribution in [2.24, 2.45) is 0 Å². The number of likely N-dealkylation sites (tertiary alicyclic amines) is 1. The first-order valence-corrected chi connectivity index (χ1v) is 9.00. The van der Waals surface area contributed by atoms with Gasteiger partial charge in [0.2, 0.25) is 0 Å². The summed E-state index contributed by atoms with van der Waals surface area (Å²) in [5.41, 5.74) is 2.83. The Hall–Kier alpha value is -2.40. The van der Waals surface area contributed by atoms with Crippen molar-refractivity contribution in [3.8, 4) is 5.75 Å². The maximum absolute atomic E-state index is 12.7. The number of ether oxygens (including phenoxy) is 1. The summed E-state index contributed by atoms with van der Waals surface area (Å²) in [6, 6.07) is 7.73. The fourth-order valence-electron chi connectivity index (χ4n) is 3.28. The number of hydrogen-bond donors (Lipinski definition) is 1. The first kappa shape index (κ1) is 18.4. The van der Waals surface area contributed by atoms with Crippen molar-refractivity contribution in [2.45, 2.75) is 39.2 Å². The number of aromatic nitrogens is 1. The molecule has 1 aliphatic rings. The smallest absolute Gasteiger partial charge is 0.255 e. The van der Waals surface area contributed by atoms with E-state index in [0.717, 1.165) is 23.3 Å². The fourth-order valence-corrected chi connectivity index (χ4v) is 3.28. The van der Waals surface area contributed by atoms with Gasteiger partial charge in [-0.25, -0.2) is 0 Å². The Labute approximate surface area is 154 Å². The second kappa shape index (κ2) is 7.46. The van der Waals surface area contributed by atoms with Crippen molar-refractivity contribution in [3.63, 3.8) is 0 Å². The maximum Gasteiger partial charge on any atom is 0.255 e. The minimum Gasteiger partial charge on any atom is -0.491 e. The van der Waals surface area contributed by atoms with Gasteiger partial charge in [-0.2, -0.15) is 0 Å². The third kappa shape index (κ3) is 4.22. The van der Waals surface area contributed by atoms with Crippen molar-refractivity contribution in [3.05, 3.63) is 58.9 Å². The Balaban J connectivity index is 1.66. The summed E-state index contributed by atoms with van der Waals surface area (Å²) in [5, 5.41) is 10.9. The molecule has 1 aromatic carbocycles. The molecular weight excluding hydrogens is 328 g/mol. The Morgan fingerprint density at radius 1 is 1.23 bits per heavy atom. The summed E-state index contributed by atoms with van der Waals surface area (Å²) in [6.07, 6.45) is 4.67. The predicted octanol–water partition coefficient (Wildman–Crippen LogP) is 3.05. The number of carbonyl (C=O) groups is 1. The van der Waals surface area contributed by atoms with E-state index >= 15 is 0 Å². The molecule has 2 aromatic rings. The summed E-state index contributed by atoms with van der Waals surface area (Å²) >= 11 is 0. The van der Waals surface area contributed by atoms with Crippen LogP contribution in [0.2, 0.25) is 0 Å². The van der Waals surface area contributed by atoms with Gasteiger partial charge in [-0.05, 0) is 68.5 Å². The molecule has 1 saturated heterocycles. The molecule has 0 aliphatic carbocycles. The van der Waals surface area contributed by atoms with Crippen LogP contribution in [0.15, 0.2) is 36.7 Å². The zero-order chi connectivity index (χ0) is 18.7. The summed E-state index contributed by atoms with van der Waals surface area (Å²) in [6.45, 7) is 7.08. The number of rotatable bonds is 4. The van der Waals surface area contributed by atoms with E-state index < -0.39 is 5.60 Å². The lowest BCUT2D eigenvalue weighted by atomic mass is 9.93. The molecule has 2 heterocycles. The lowest BCUT2D eigenvalue weighted by molar-refractivity contribution is -0.0532. The molecule has 26 heavy (non-hydrogen) atoms. The quantitative estimate of drug-likeness (QED) is 0.917. The zero-order valence-electron chi connectivity index (χ0n) is 15.7. The summed E-state index contributed by atoms with van der Waals surface area (Å²) in [4.78, 5) is 18.5. The number of aliphatic hydroxyl groups is 1. The number of nitrogens with zero attached hydrogens (tertiary/aromatic N) is 2. The third-order valence-electron chi connectivity index (χ3n) is 4.95. The summed E-state index contributed by atoms with van der Waals surface area (Å²) in [5.74, 6) is 0.651. The van der Waals surface area contributed by atoms with Crippen LogP contribution >= 0.6 is 0 Å². The Kier molecular flexibility index (Phi) is 5.28. The number of piperidine rings is 1. The van der Waals surface area contributed by atoms with E-state index in [1.165, 1.54) is 5.56 Å². The lowest BCUT2D eigenvalue weighted by Crippen LogP contribution is -2.53. The number of amides is 1. The van der Waals surface area contributed by atoms with Crippen LogP contribution in [0.1, 0.15) is 39.9 Å². The van der Waals surface area contributed by atoms with Gasteiger partial charge >= 0.3 is 0 Å². The molecule has 1 fully saturated rings. The molecule has 0 bridgehead atoms. The molecule has 3 rings (SSSR count). The highest BCUT2D eigenvalue weighted by Crippen LogP contribution is 2.25. The van der Waals surface area contributed by atoms with Gasteiger partial charge in [0, 0.05) is 18.9 Å². The highest BCUT2D eigenvalue weighted by molar-refractivity contribution is 5.94. The fraction of sp³-hybridized carbons (Fsp3) is 0.429. The van der Waals surface area contributed by atoms with Gasteiger partial charge < -0.3 is 14.7 Å². The van der Waals surface area contributed by atoms with Crippen LogP contribution < -0.4 is 4.74 Å². The molecule has 0 radical (unpaired) electrons. The standard InChI is InChI=1S/C21H26N2O3/c1-15-9-18(12-22-11-15)20(24)23-8-4-7-21(25,13-23)14-26-19-6-5-16(2)17(3)10-19/h5-6,9-12,25H,4,7-8,13-14H2,1-3H3. The van der Waals surface area contributed by atoms with Gasteiger partial charge in [0.1, 0.15) is 18.0 Å². The SMILES string of the molecule is Cc1cncc(C(=O)N2CCCC(O)(COc3ccc(C)c(C)c3)C2)c1. The average Bonchev–Trinajstić information content (AvgIpc) is 2.62. The van der Waals surface area contributed by atoms with Crippen LogP contribution in [0, 0.1) is 20.8 Å². The van der Waals surface area contributed by atoms with Gasteiger partial charge in [0.15, 0.2) is 0 Å². The molecule has 5 heteroatoms. The van der Waals surface area contributed by atoms with E-state index in [-0.39, 0.29) is 19.1 Å². The number of benzene rings is 1. The van der Waals surface area contributed by atoms with E-state index in [1.54, 1.807) is 17.3 Å². The van der Waals surface area contributed by atoms with Crippen molar-refractivity contribution < 1.29 is 14.6 Å². The molecule has 1 atom stereocenters. The molecule has 1 aliphatic heterocycles. The molecule has 1 N–H and O–H groups in total. The van der Waals surface area contributed by atoms with Crippen LogP contribution in [-0.2, 0) is 0 Å².